The highest BCUT2D eigenvalue weighted by atomic mass is 16.6. The number of hydrogen-bond donors (Lipinski definition) is 0. The van der Waals surface area contributed by atoms with Crippen LogP contribution in [-0.4, -0.2) is 75.5 Å². The van der Waals surface area contributed by atoms with Crippen LogP contribution in [0.1, 0.15) is 219 Å². The molecular formula is C55H97NO7. The lowest BCUT2D eigenvalue weighted by Gasteiger charge is -2.34. The normalized spacial score (nSPS) is 13.3. The van der Waals surface area contributed by atoms with Crippen LogP contribution in [0, 0.1) is 0 Å². The SMILES string of the molecule is CCC/C=C/C=C/C=C/C=C/C=C/CCCCCCCC(=O)OC(COCCC(C(=O)[O-])[N+](C)(C)C)COC(=O)CCCCCCCCCCCCCCCCCCCCCCC. The van der Waals surface area contributed by atoms with Crippen LogP contribution < -0.4 is 5.11 Å². The minimum absolute atomic E-state index is 0.0298. The fourth-order valence-corrected chi connectivity index (χ4v) is 7.51. The lowest BCUT2D eigenvalue weighted by atomic mass is 10.0. The maximum Gasteiger partial charge on any atom is 0.306 e. The first-order valence-corrected chi connectivity index (χ1v) is 25.9. The topological polar surface area (TPSA) is 102 Å². The lowest BCUT2D eigenvalue weighted by Crippen LogP contribution is -2.55. The highest BCUT2D eigenvalue weighted by molar-refractivity contribution is 5.70. The highest BCUT2D eigenvalue weighted by Crippen LogP contribution is 2.16. The average molecular weight is 884 g/mol. The molecule has 0 radical (unpaired) electrons. The summed E-state index contributed by atoms with van der Waals surface area (Å²) in [7, 11) is 5.40. The molecule has 0 saturated carbocycles. The predicted octanol–water partition coefficient (Wildman–Crippen LogP) is 13.6. The Morgan fingerprint density at radius 2 is 0.873 bits per heavy atom. The zero-order valence-electron chi connectivity index (χ0n) is 41.5. The van der Waals surface area contributed by atoms with Gasteiger partial charge in [0, 0.05) is 19.3 Å². The molecule has 0 aliphatic heterocycles. The molecule has 0 aliphatic rings. The van der Waals surface area contributed by atoms with Gasteiger partial charge >= 0.3 is 11.9 Å². The first-order chi connectivity index (χ1) is 30.6. The van der Waals surface area contributed by atoms with E-state index in [1.54, 1.807) is 21.1 Å². The van der Waals surface area contributed by atoms with E-state index in [1.165, 1.54) is 122 Å². The molecule has 63 heavy (non-hydrogen) atoms. The van der Waals surface area contributed by atoms with Crippen molar-refractivity contribution in [1.82, 2.24) is 0 Å². The van der Waals surface area contributed by atoms with Crippen molar-refractivity contribution in [2.24, 2.45) is 0 Å². The lowest BCUT2D eigenvalue weighted by molar-refractivity contribution is -0.889. The van der Waals surface area contributed by atoms with Gasteiger partial charge < -0.3 is 28.6 Å². The number of allylic oxidation sites excluding steroid dienone is 10. The number of hydrogen-bond acceptors (Lipinski definition) is 7. The minimum Gasteiger partial charge on any atom is -0.544 e. The molecule has 364 valence electrons. The Morgan fingerprint density at radius 3 is 1.30 bits per heavy atom. The molecule has 0 N–H and O–H groups in total. The van der Waals surface area contributed by atoms with Crippen molar-refractivity contribution in [1.29, 1.82) is 0 Å². The predicted molar refractivity (Wildman–Crippen MR) is 263 cm³/mol. The van der Waals surface area contributed by atoms with Gasteiger partial charge in [0.05, 0.1) is 40.3 Å². The van der Waals surface area contributed by atoms with Gasteiger partial charge in [-0.3, -0.25) is 9.59 Å². The standard InChI is InChI=1S/C55H97NO7/c1-6-8-10-12-14-16-18-20-22-24-26-27-28-30-31-33-35-37-39-41-43-45-53(57)62-50-51(49-61-48-47-52(55(59)60)56(3,4)5)63-54(58)46-44-42-40-38-36-34-32-29-25-23-21-19-17-15-13-11-9-7-2/h11,13,15,17,19,21,23,25,29,32,51-52H,6-10,12,14,16,18,20,22,24,26-28,30-31,33-50H2,1-5H3/b13-11+,17-15+,21-19+,25-23+,32-29+. The summed E-state index contributed by atoms with van der Waals surface area (Å²) >= 11 is 0. The number of likely N-dealkylation sites (N-methyl/N-ethyl adjacent to an activating group) is 1. The van der Waals surface area contributed by atoms with Gasteiger partial charge in [-0.15, -0.1) is 0 Å². The molecular weight excluding hydrogens is 787 g/mol. The summed E-state index contributed by atoms with van der Waals surface area (Å²) in [6.07, 6.45) is 56.8. The summed E-state index contributed by atoms with van der Waals surface area (Å²) in [5.41, 5.74) is 0. The van der Waals surface area contributed by atoms with Crippen molar-refractivity contribution in [3.05, 3.63) is 60.8 Å². The van der Waals surface area contributed by atoms with Gasteiger partial charge in [-0.25, -0.2) is 0 Å². The van der Waals surface area contributed by atoms with E-state index in [0.29, 0.717) is 12.8 Å². The molecule has 0 aromatic carbocycles. The molecule has 0 amide bonds. The Hall–Kier alpha value is -2.97. The average Bonchev–Trinajstić information content (AvgIpc) is 3.24. The Morgan fingerprint density at radius 1 is 0.476 bits per heavy atom. The third-order valence-corrected chi connectivity index (χ3v) is 11.5. The van der Waals surface area contributed by atoms with Gasteiger partial charge in [-0.05, 0) is 32.1 Å². The van der Waals surface area contributed by atoms with E-state index in [1.807, 2.05) is 36.5 Å². The van der Waals surface area contributed by atoms with Crippen molar-refractivity contribution in [3.63, 3.8) is 0 Å². The maximum atomic E-state index is 12.8. The Kier molecular flexibility index (Phi) is 43.4. The van der Waals surface area contributed by atoms with Gasteiger partial charge in [0.1, 0.15) is 12.6 Å². The van der Waals surface area contributed by atoms with E-state index < -0.39 is 18.1 Å². The van der Waals surface area contributed by atoms with Crippen LogP contribution in [-0.2, 0) is 28.6 Å². The van der Waals surface area contributed by atoms with Gasteiger partial charge in [-0.1, -0.05) is 229 Å². The molecule has 0 bridgehead atoms. The van der Waals surface area contributed by atoms with Gasteiger partial charge in [0.2, 0.25) is 0 Å². The third-order valence-electron chi connectivity index (χ3n) is 11.5. The Bertz CT molecular complexity index is 1210. The Labute approximate surface area is 388 Å². The monoisotopic (exact) mass is 884 g/mol. The summed E-state index contributed by atoms with van der Waals surface area (Å²) in [6.45, 7) is 4.57. The third kappa shape index (κ3) is 44.0. The summed E-state index contributed by atoms with van der Waals surface area (Å²) in [5, 5.41) is 11.7. The fourth-order valence-electron chi connectivity index (χ4n) is 7.51. The fraction of sp³-hybridized carbons (Fsp3) is 0.764. The molecule has 8 heteroatoms. The molecule has 0 aromatic rings. The van der Waals surface area contributed by atoms with E-state index in [9.17, 15) is 19.5 Å². The summed E-state index contributed by atoms with van der Waals surface area (Å²) in [6, 6.07) is -0.733. The Balaban J connectivity index is 4.26. The first-order valence-electron chi connectivity index (χ1n) is 25.9. The van der Waals surface area contributed by atoms with Gasteiger partial charge in [0.25, 0.3) is 0 Å². The molecule has 0 heterocycles. The quantitative estimate of drug-likeness (QED) is 0.0260. The van der Waals surface area contributed by atoms with Crippen LogP contribution >= 0.6 is 0 Å². The second-order valence-electron chi connectivity index (χ2n) is 18.5. The van der Waals surface area contributed by atoms with Crippen LogP contribution in [0.4, 0.5) is 0 Å². The molecule has 0 fully saturated rings. The largest absolute Gasteiger partial charge is 0.544 e. The van der Waals surface area contributed by atoms with E-state index >= 15 is 0 Å². The highest BCUT2D eigenvalue weighted by Gasteiger charge is 2.25. The molecule has 0 aromatic heterocycles. The minimum atomic E-state index is -1.13. The number of carbonyl (C=O) groups excluding carboxylic acids is 3. The number of ether oxygens (including phenoxy) is 3. The van der Waals surface area contributed by atoms with Crippen LogP contribution in [0.3, 0.4) is 0 Å². The van der Waals surface area contributed by atoms with E-state index in [4.69, 9.17) is 14.2 Å². The zero-order chi connectivity index (χ0) is 46.3. The molecule has 8 nitrogen and oxygen atoms in total. The number of quaternary nitrogens is 1. The van der Waals surface area contributed by atoms with Crippen LogP contribution in [0.15, 0.2) is 60.8 Å². The van der Waals surface area contributed by atoms with Crippen LogP contribution in [0.2, 0.25) is 0 Å². The molecule has 0 aliphatic carbocycles. The second kappa shape index (κ2) is 45.6. The molecule has 2 atom stereocenters. The summed E-state index contributed by atoms with van der Waals surface area (Å²) in [5.74, 6) is -1.76. The number of esters is 2. The number of rotatable bonds is 46. The van der Waals surface area contributed by atoms with Crippen molar-refractivity contribution < 1.29 is 38.2 Å². The van der Waals surface area contributed by atoms with Crippen LogP contribution in [0.5, 0.6) is 0 Å². The van der Waals surface area contributed by atoms with Crippen LogP contribution in [0.25, 0.3) is 0 Å². The summed E-state index contributed by atoms with van der Waals surface area (Å²) in [4.78, 5) is 37.0. The number of aliphatic carboxylic acids is 1. The number of carboxylic acid groups (broad SMARTS) is 1. The maximum absolute atomic E-state index is 12.8. The molecule has 0 spiro atoms. The number of unbranched alkanes of at least 4 members (excludes halogenated alkanes) is 26. The molecule has 2 unspecified atom stereocenters. The first kappa shape index (κ1) is 60.0. The molecule has 0 saturated heterocycles. The van der Waals surface area contributed by atoms with Crippen molar-refractivity contribution in [3.8, 4) is 0 Å². The zero-order valence-corrected chi connectivity index (χ0v) is 41.5. The van der Waals surface area contributed by atoms with E-state index in [2.05, 4.69) is 38.2 Å². The van der Waals surface area contributed by atoms with Crippen molar-refractivity contribution in [2.75, 3.05) is 41.0 Å². The van der Waals surface area contributed by atoms with Crippen molar-refractivity contribution in [2.45, 2.75) is 231 Å². The van der Waals surface area contributed by atoms with E-state index in [-0.39, 0.29) is 42.7 Å². The summed E-state index contributed by atoms with van der Waals surface area (Å²) < 4.78 is 17.2. The number of nitrogens with zero attached hydrogens (tertiary/aromatic N) is 1. The van der Waals surface area contributed by atoms with Crippen molar-refractivity contribution >= 4 is 17.9 Å². The smallest absolute Gasteiger partial charge is 0.306 e. The second-order valence-corrected chi connectivity index (χ2v) is 18.5. The number of carboxylic acids is 1. The number of carbonyl (C=O) groups is 3. The van der Waals surface area contributed by atoms with E-state index in [0.717, 1.165) is 64.2 Å². The van der Waals surface area contributed by atoms with Gasteiger partial charge in [0.15, 0.2) is 6.10 Å². The van der Waals surface area contributed by atoms with Gasteiger partial charge in [-0.2, -0.15) is 0 Å². The molecule has 0 rings (SSSR count).